The highest BCUT2D eigenvalue weighted by molar-refractivity contribution is 6.32. The number of anilines is 4. The van der Waals surface area contributed by atoms with Gasteiger partial charge in [-0.1, -0.05) is 263 Å². The molecular weight excluding hydrogens is 1640 g/mol. The van der Waals surface area contributed by atoms with Gasteiger partial charge in [0.1, 0.15) is 39.2 Å². The standard InChI is InChI=1S/C39H32N6O7.C26H28N2O2.C22H20N2O2.C18H12N2O2/c1-5-50-29-18-28-31(19-27(29)45-39(49)24-14-10-7-11-15-24)52-37-32(40-21(3)46)34-36(33(35(37)43-28)41-22(4)47)51-30-17-25(20(2)16-26(30)42-34)44-38(48)23-12-8-6-9-13-23;1-25(2,3)17-11-7-15(8-12-17)21-19-20(24(30)27-21)22(28-23(19)29)16-9-13-18(14-10-16)26(4,5)6;1-22(2,3)15-11-9-14(10-12-15)19-17-16(20(25)24-19)18(23-21(17)26)13-7-5-4-6-8-13;21-17-13-14(16(20-17)12-9-5-2-6-10-12)18(22)19-15(13)11-7-3-1-4-8-11/h6-19H,5H2,1-4H3,(H,40,46)(H,41,47)(H,44,48)(H,45,49);7-14,27,30H,1-6H3;4-12,23,26H,1-3H3;1-10,19,22H. The first-order valence-electron chi connectivity index (χ1n) is 42.2. The number of aliphatic imine (C=N–C) groups is 3. The molecule has 11 aromatic carbocycles. The Balaban J connectivity index is 0.000000135. The van der Waals surface area contributed by atoms with Gasteiger partial charge in [-0.25, -0.2) is 25.0 Å². The molecule has 0 atom stereocenters. The maximum absolute atomic E-state index is 13.1. The first kappa shape index (κ1) is 87.1. The Kier molecular flexibility index (Phi) is 23.6. The van der Waals surface area contributed by atoms with Crippen LogP contribution in [0.2, 0.25) is 0 Å². The van der Waals surface area contributed by atoms with Gasteiger partial charge in [-0.05, 0) is 99.4 Å². The molecule has 130 heavy (non-hydrogen) atoms. The second-order valence-electron chi connectivity index (χ2n) is 34.6. The van der Waals surface area contributed by atoms with Crippen LogP contribution in [0.5, 0.6) is 46.4 Å². The quantitative estimate of drug-likeness (QED) is 0.0453. The molecule has 0 bridgehead atoms. The van der Waals surface area contributed by atoms with Crippen molar-refractivity contribution in [2.24, 2.45) is 25.0 Å². The van der Waals surface area contributed by atoms with Crippen molar-refractivity contribution in [1.29, 1.82) is 0 Å². The highest BCUT2D eigenvalue weighted by Crippen LogP contribution is 2.49. The molecule has 3 aromatic heterocycles. The molecule has 14 aromatic rings. The van der Waals surface area contributed by atoms with E-state index in [1.54, 1.807) is 72.8 Å². The zero-order valence-corrected chi connectivity index (χ0v) is 73.5. The van der Waals surface area contributed by atoms with Crippen molar-refractivity contribution in [3.8, 4) is 80.2 Å². The van der Waals surface area contributed by atoms with Crippen molar-refractivity contribution >= 4 is 92.6 Å². The van der Waals surface area contributed by atoms with E-state index in [1.807, 2.05) is 166 Å². The van der Waals surface area contributed by atoms with E-state index in [0.717, 1.165) is 33.4 Å². The second-order valence-corrected chi connectivity index (χ2v) is 34.6. The van der Waals surface area contributed by atoms with E-state index in [1.165, 1.54) is 30.5 Å². The third kappa shape index (κ3) is 17.6. The molecule has 650 valence electrons. The number of carbonyl (C=O) groups is 7. The molecule has 7 amide bonds. The minimum atomic E-state index is -0.430. The number of aryl methyl sites for hydroxylation is 1. The van der Waals surface area contributed by atoms with Crippen LogP contribution < -0.4 is 46.2 Å². The van der Waals surface area contributed by atoms with E-state index >= 15 is 0 Å². The number of hydrogen-bond acceptors (Lipinski definition) is 15. The van der Waals surface area contributed by atoms with Crippen LogP contribution in [0.3, 0.4) is 0 Å². The summed E-state index contributed by atoms with van der Waals surface area (Å²) in [5, 5.41) is 43.1. The summed E-state index contributed by atoms with van der Waals surface area (Å²) in [5.74, 6) is -1.52. The maximum Gasteiger partial charge on any atom is 0.280 e. The fourth-order valence-electron chi connectivity index (χ4n) is 15.7. The molecule has 0 spiro atoms. The molecule has 19 rings (SSSR count). The van der Waals surface area contributed by atoms with Gasteiger partial charge in [0.05, 0.1) is 79.9 Å². The Hall–Kier alpha value is -16.4. The van der Waals surface area contributed by atoms with Gasteiger partial charge in [-0.2, -0.15) is 0 Å². The molecule has 0 saturated carbocycles. The Morgan fingerprint density at radius 1 is 0.369 bits per heavy atom. The number of aromatic amines is 3. The molecule has 0 unspecified atom stereocenters. The van der Waals surface area contributed by atoms with Crippen LogP contribution in [0.15, 0.2) is 274 Å². The third-order valence-electron chi connectivity index (χ3n) is 22.3. The number of rotatable bonds is 14. The Morgan fingerprint density at radius 2 is 0.669 bits per heavy atom. The molecule has 8 heterocycles. The SMILES string of the molecule is CC(C)(C)c1ccc(C2=NC(=O)c3c(-c4ccc(C(C)(C)C)cc4)[nH]c(O)c32)cc1.CC(C)(C)c1ccc(C2=NC(=O)c3c(-c4ccccc4)[nH]c(O)c32)cc1.CCOc1cc2c(cc1NC(=O)c1ccccc1)Oc1c(NC(C)=O)c3c(c(NC(C)=O)c1=N2)Oc1cc(NC(=O)c2ccccc2)c(C)cc1N=3.O=C1N=C(c2ccccc2)c2c(O)[nH]c(-c3ccccc3)c21. The normalized spacial score (nSPS) is 12.9. The first-order valence-corrected chi connectivity index (χ1v) is 42.2. The number of hydrogen-bond donors (Lipinski definition) is 10. The average Bonchev–Trinajstić information content (AvgIpc) is 1.22. The number of nitrogens with one attached hydrogen (secondary N) is 7. The Morgan fingerprint density at radius 3 is 1.01 bits per heavy atom. The fourth-order valence-corrected chi connectivity index (χ4v) is 15.7. The Labute approximate surface area is 748 Å². The number of fused-ring (bicyclic) bond motifs is 7. The summed E-state index contributed by atoms with van der Waals surface area (Å²) in [6.07, 6.45) is 0. The van der Waals surface area contributed by atoms with Gasteiger partial charge in [-0.3, -0.25) is 33.6 Å². The molecule has 0 fully saturated rings. The molecule has 5 aliphatic rings. The predicted octanol–water partition coefficient (Wildman–Crippen LogP) is 21.0. The van der Waals surface area contributed by atoms with Gasteiger partial charge in [0, 0.05) is 65.6 Å². The number of ether oxygens (including phenoxy) is 3. The van der Waals surface area contributed by atoms with Crippen LogP contribution in [0.4, 0.5) is 34.1 Å². The van der Waals surface area contributed by atoms with E-state index in [2.05, 4.69) is 138 Å². The van der Waals surface area contributed by atoms with Crippen LogP contribution in [0, 0.1) is 6.92 Å². The molecule has 0 aliphatic carbocycles. The van der Waals surface area contributed by atoms with Crippen molar-refractivity contribution < 1.29 is 63.1 Å². The molecule has 0 saturated heterocycles. The zero-order chi connectivity index (χ0) is 91.9. The van der Waals surface area contributed by atoms with Crippen LogP contribution in [-0.4, -0.2) is 95.4 Å². The number of nitrogens with zero attached hydrogens (tertiary/aromatic N) is 5. The number of amides is 7. The number of aromatic hydroxyl groups is 3. The Bertz CT molecular complexity index is 7140. The van der Waals surface area contributed by atoms with Gasteiger partial charge >= 0.3 is 0 Å². The maximum atomic E-state index is 13.1. The number of aromatic nitrogens is 3. The summed E-state index contributed by atoms with van der Waals surface area (Å²) >= 11 is 0. The van der Waals surface area contributed by atoms with Crippen LogP contribution >= 0.6 is 0 Å². The molecule has 10 N–H and O–H groups in total. The van der Waals surface area contributed by atoms with E-state index in [9.17, 15) is 48.9 Å². The lowest BCUT2D eigenvalue weighted by atomic mass is 9.86. The minimum absolute atomic E-state index is 0.0237. The lowest BCUT2D eigenvalue weighted by Gasteiger charge is -2.25. The third-order valence-corrected chi connectivity index (χ3v) is 22.3. The monoisotopic (exact) mass is 1730 g/mol. The average molecular weight is 1730 g/mol. The van der Waals surface area contributed by atoms with Crippen LogP contribution in [0.25, 0.3) is 33.8 Å². The molecule has 25 heteroatoms. The summed E-state index contributed by atoms with van der Waals surface area (Å²) in [5.41, 5.74) is 18.3. The van der Waals surface area contributed by atoms with Crippen molar-refractivity contribution in [1.82, 2.24) is 15.0 Å². The van der Waals surface area contributed by atoms with Crippen LogP contribution in [0.1, 0.15) is 191 Å². The highest BCUT2D eigenvalue weighted by atomic mass is 16.5. The fraction of sp³-hybridized carbons (Fsp3) is 0.162. The van der Waals surface area contributed by atoms with E-state index in [4.69, 9.17) is 24.2 Å². The number of carbonyl (C=O) groups excluding carboxylic acids is 7. The van der Waals surface area contributed by atoms with E-state index in [0.29, 0.717) is 119 Å². The van der Waals surface area contributed by atoms with Gasteiger partial charge in [0.25, 0.3) is 29.5 Å². The molecule has 25 nitrogen and oxygen atoms in total. The van der Waals surface area contributed by atoms with Gasteiger partial charge in [0.15, 0.2) is 40.6 Å². The van der Waals surface area contributed by atoms with E-state index in [-0.39, 0.29) is 109 Å². The summed E-state index contributed by atoms with van der Waals surface area (Å²) in [6, 6.07) is 76.6. The van der Waals surface area contributed by atoms with Gasteiger partial charge in [-0.15, -0.1) is 0 Å². The topological polar surface area (TPSA) is 365 Å². The smallest absolute Gasteiger partial charge is 0.280 e. The predicted molar refractivity (Wildman–Crippen MR) is 503 cm³/mol. The minimum Gasteiger partial charge on any atom is -0.494 e. The van der Waals surface area contributed by atoms with Crippen molar-refractivity contribution in [2.45, 2.75) is 106 Å². The first-order chi connectivity index (χ1) is 62.2. The molecule has 5 aliphatic heterocycles. The van der Waals surface area contributed by atoms with Crippen molar-refractivity contribution in [2.75, 3.05) is 27.9 Å². The lowest BCUT2D eigenvalue weighted by molar-refractivity contribution is -0.115. The van der Waals surface area contributed by atoms with Crippen molar-refractivity contribution in [3.63, 3.8) is 0 Å². The molecule has 0 radical (unpaired) electrons. The lowest BCUT2D eigenvalue weighted by Crippen LogP contribution is -2.29. The number of H-pyrrole nitrogens is 3. The summed E-state index contributed by atoms with van der Waals surface area (Å²) in [4.78, 5) is 120. The van der Waals surface area contributed by atoms with Gasteiger partial charge in [0.2, 0.25) is 11.8 Å². The summed E-state index contributed by atoms with van der Waals surface area (Å²) in [7, 11) is 0. The summed E-state index contributed by atoms with van der Waals surface area (Å²) < 4.78 is 18.8. The summed E-state index contributed by atoms with van der Waals surface area (Å²) in [6.45, 7) is 26.0. The second kappa shape index (κ2) is 35.2. The molecular formula is C105H92N12O13. The van der Waals surface area contributed by atoms with Crippen LogP contribution in [-0.2, 0) is 25.8 Å². The van der Waals surface area contributed by atoms with E-state index < -0.39 is 11.8 Å². The zero-order valence-electron chi connectivity index (χ0n) is 73.5. The number of benzene rings is 11. The van der Waals surface area contributed by atoms with Crippen molar-refractivity contribution in [3.05, 3.63) is 343 Å². The highest BCUT2D eigenvalue weighted by Gasteiger charge is 2.39. The van der Waals surface area contributed by atoms with Gasteiger partial charge < -0.3 is 65.7 Å². The largest absolute Gasteiger partial charge is 0.494 e.